The van der Waals surface area contributed by atoms with Crippen molar-refractivity contribution in [3.8, 4) is 11.1 Å². The standard InChI is InChI=1S/C43H51N7O7/c1-26(2)38(40(51)56-42(44)53)47-32-12-5-29(6-13-32)35-18-19-36(30-7-14-33(15-8-30)48-39(27(3)4)41(52)57-43(45)54)50(35)34-16-9-28(10-17-34)31-11-20-37(46-25-31)49-21-23-55-24-22-49/h5-17,20,25-27,35-36,38-39,47-48H,18-19,21-24H2,1-4H3,(H2,44,53)(H2,45,54)/t35-,36?,38-,39-/m0/s1. The van der Waals surface area contributed by atoms with Gasteiger partial charge in [-0.3, -0.25) is 0 Å². The third kappa shape index (κ3) is 10.00. The molecule has 0 bridgehead atoms. The summed E-state index contributed by atoms with van der Waals surface area (Å²) in [5.74, 6) is -0.841. The molecule has 1 unspecified atom stereocenters. The van der Waals surface area contributed by atoms with Crippen molar-refractivity contribution < 1.29 is 33.4 Å². The number of hydrogen-bond acceptors (Lipinski definition) is 12. The van der Waals surface area contributed by atoms with Gasteiger partial charge in [-0.05, 0) is 89.9 Å². The van der Waals surface area contributed by atoms with E-state index in [4.69, 9.17) is 21.2 Å². The molecule has 2 aliphatic rings. The molecular formula is C43H51N7O7. The van der Waals surface area contributed by atoms with Crippen LogP contribution in [0.4, 0.5) is 32.5 Å². The van der Waals surface area contributed by atoms with E-state index in [2.05, 4.69) is 90.6 Å². The summed E-state index contributed by atoms with van der Waals surface area (Å²) >= 11 is 0. The molecule has 6 rings (SSSR count). The molecule has 2 fully saturated rings. The van der Waals surface area contributed by atoms with E-state index in [1.54, 1.807) is 0 Å². The van der Waals surface area contributed by atoms with E-state index in [0.717, 1.165) is 59.7 Å². The fourth-order valence-electron chi connectivity index (χ4n) is 7.47. The topological polar surface area (TPSA) is 191 Å². The number of hydrogen-bond donors (Lipinski definition) is 4. The van der Waals surface area contributed by atoms with E-state index in [9.17, 15) is 19.2 Å². The molecule has 0 saturated carbocycles. The highest BCUT2D eigenvalue weighted by molar-refractivity contribution is 5.89. The molecule has 57 heavy (non-hydrogen) atoms. The summed E-state index contributed by atoms with van der Waals surface area (Å²) in [4.78, 5) is 57.1. The molecule has 2 saturated heterocycles. The SMILES string of the molecule is CC(C)[C@H](Nc1ccc(C2CC[C@@H](c3ccc(N[C@H](C(=O)OC(N)=O)C(C)C)cc3)N2c2ccc(-c3ccc(N4CCOCC4)nc3)cc2)cc1)C(=O)OC(N)=O. The highest BCUT2D eigenvalue weighted by Gasteiger charge is 2.36. The second-order valence-corrected chi connectivity index (χ2v) is 15.0. The molecule has 2 aliphatic heterocycles. The van der Waals surface area contributed by atoms with E-state index in [-0.39, 0.29) is 23.9 Å². The van der Waals surface area contributed by atoms with Gasteiger partial charge in [-0.1, -0.05) is 64.1 Å². The Morgan fingerprint density at radius 1 is 0.667 bits per heavy atom. The largest absolute Gasteiger partial charge is 0.412 e. The summed E-state index contributed by atoms with van der Waals surface area (Å²) in [5, 5.41) is 6.39. The van der Waals surface area contributed by atoms with Gasteiger partial charge in [0.1, 0.15) is 17.9 Å². The van der Waals surface area contributed by atoms with Crippen molar-refractivity contribution in [2.75, 3.05) is 46.7 Å². The molecule has 1 aromatic heterocycles. The van der Waals surface area contributed by atoms with Crippen LogP contribution in [0.5, 0.6) is 0 Å². The minimum atomic E-state index is -1.14. The fourth-order valence-corrected chi connectivity index (χ4v) is 7.47. The number of anilines is 4. The molecule has 3 heterocycles. The first-order chi connectivity index (χ1) is 27.4. The summed E-state index contributed by atoms with van der Waals surface area (Å²) < 4.78 is 14.8. The zero-order valence-electron chi connectivity index (χ0n) is 32.7. The van der Waals surface area contributed by atoms with Crippen molar-refractivity contribution >= 4 is 47.0 Å². The zero-order valence-corrected chi connectivity index (χ0v) is 32.7. The number of nitrogens with zero attached hydrogens (tertiary/aromatic N) is 3. The van der Waals surface area contributed by atoms with Gasteiger partial charge in [-0.15, -0.1) is 0 Å². The van der Waals surface area contributed by atoms with Gasteiger partial charge in [0.2, 0.25) is 0 Å². The van der Waals surface area contributed by atoms with E-state index in [1.165, 1.54) is 0 Å². The fraction of sp³-hybridized carbons (Fsp3) is 0.372. The van der Waals surface area contributed by atoms with Crippen LogP contribution in [-0.2, 0) is 23.8 Å². The molecule has 0 aliphatic carbocycles. The van der Waals surface area contributed by atoms with Gasteiger partial charge in [0, 0.05) is 41.9 Å². The Kier molecular flexibility index (Phi) is 12.9. The zero-order chi connectivity index (χ0) is 40.6. The van der Waals surface area contributed by atoms with Gasteiger partial charge >= 0.3 is 24.1 Å². The lowest BCUT2D eigenvalue weighted by Crippen LogP contribution is -2.38. The Balaban J connectivity index is 1.26. The Bertz CT molecular complexity index is 1910. The summed E-state index contributed by atoms with van der Waals surface area (Å²) in [5.41, 5.74) is 17.0. The Morgan fingerprint density at radius 2 is 1.12 bits per heavy atom. The van der Waals surface area contributed by atoms with Crippen LogP contribution in [0.15, 0.2) is 91.1 Å². The molecule has 300 valence electrons. The third-order valence-electron chi connectivity index (χ3n) is 10.4. The lowest BCUT2D eigenvalue weighted by Gasteiger charge is -2.34. The van der Waals surface area contributed by atoms with Gasteiger partial charge in [-0.25, -0.2) is 24.2 Å². The molecule has 3 aromatic carbocycles. The molecular weight excluding hydrogens is 727 g/mol. The van der Waals surface area contributed by atoms with E-state index < -0.39 is 36.2 Å². The number of ether oxygens (including phenoxy) is 3. The number of pyridine rings is 1. The van der Waals surface area contributed by atoms with E-state index in [0.29, 0.717) is 24.6 Å². The predicted molar refractivity (Wildman–Crippen MR) is 219 cm³/mol. The Hall–Kier alpha value is -6.15. The molecule has 2 amide bonds. The molecule has 0 radical (unpaired) electrons. The number of carbonyl (C=O) groups excluding carboxylic acids is 4. The number of rotatable bonds is 13. The highest BCUT2D eigenvalue weighted by atomic mass is 16.6. The van der Waals surface area contributed by atoms with Gasteiger partial charge in [0.25, 0.3) is 0 Å². The van der Waals surface area contributed by atoms with Crippen LogP contribution >= 0.6 is 0 Å². The van der Waals surface area contributed by atoms with E-state index >= 15 is 0 Å². The minimum absolute atomic E-state index is 0.0248. The number of morpholine rings is 1. The number of nitrogens with one attached hydrogen (secondary N) is 2. The van der Waals surface area contributed by atoms with Crippen LogP contribution in [0.2, 0.25) is 0 Å². The number of primary amides is 2. The van der Waals surface area contributed by atoms with Crippen molar-refractivity contribution in [3.05, 3.63) is 102 Å². The smallest absolute Gasteiger partial charge is 0.378 e. The van der Waals surface area contributed by atoms with Crippen molar-refractivity contribution in [2.45, 2.75) is 64.7 Å². The molecule has 4 aromatic rings. The maximum absolute atomic E-state index is 12.6. The average Bonchev–Trinajstić information content (AvgIpc) is 3.64. The number of nitrogens with two attached hydrogens (primary N) is 2. The number of benzene rings is 3. The average molecular weight is 778 g/mol. The monoisotopic (exact) mass is 777 g/mol. The summed E-state index contributed by atoms with van der Waals surface area (Å²) in [7, 11) is 0. The van der Waals surface area contributed by atoms with Gasteiger partial charge in [0.15, 0.2) is 0 Å². The van der Waals surface area contributed by atoms with Crippen LogP contribution in [0.1, 0.15) is 63.7 Å². The quantitative estimate of drug-likeness (QED) is 0.0823. The van der Waals surface area contributed by atoms with Crippen LogP contribution in [0.25, 0.3) is 11.1 Å². The van der Waals surface area contributed by atoms with Crippen molar-refractivity contribution in [3.63, 3.8) is 0 Å². The summed E-state index contributed by atoms with van der Waals surface area (Å²) in [6.07, 6.45) is 1.39. The molecule has 6 N–H and O–H groups in total. The Morgan fingerprint density at radius 3 is 1.53 bits per heavy atom. The van der Waals surface area contributed by atoms with Crippen molar-refractivity contribution in [2.24, 2.45) is 23.3 Å². The molecule has 14 heteroatoms. The number of amides is 2. The second-order valence-electron chi connectivity index (χ2n) is 15.0. The maximum atomic E-state index is 12.6. The number of carbonyl (C=O) groups is 4. The maximum Gasteiger partial charge on any atom is 0.412 e. The Labute approximate surface area is 332 Å². The molecule has 0 spiro atoms. The lowest BCUT2D eigenvalue weighted by atomic mass is 10.0. The molecule has 14 nitrogen and oxygen atoms in total. The summed E-state index contributed by atoms with van der Waals surface area (Å²) in [6.45, 7) is 10.5. The minimum Gasteiger partial charge on any atom is -0.378 e. The summed E-state index contributed by atoms with van der Waals surface area (Å²) in [6, 6.07) is 27.2. The van der Waals surface area contributed by atoms with Crippen LogP contribution in [-0.4, -0.2) is 67.5 Å². The van der Waals surface area contributed by atoms with Gasteiger partial charge < -0.3 is 46.1 Å². The van der Waals surface area contributed by atoms with E-state index in [1.807, 2.05) is 58.2 Å². The second kappa shape index (κ2) is 18.2. The van der Waals surface area contributed by atoms with Crippen LogP contribution in [0.3, 0.4) is 0 Å². The van der Waals surface area contributed by atoms with Crippen molar-refractivity contribution in [1.82, 2.24) is 4.98 Å². The normalized spacial score (nSPS) is 17.9. The predicted octanol–water partition coefficient (Wildman–Crippen LogP) is 6.78. The van der Waals surface area contributed by atoms with Gasteiger partial charge in [-0.2, -0.15) is 0 Å². The molecule has 4 atom stereocenters. The van der Waals surface area contributed by atoms with Crippen molar-refractivity contribution in [1.29, 1.82) is 0 Å². The first kappa shape index (κ1) is 40.5. The van der Waals surface area contributed by atoms with Crippen LogP contribution in [0, 0.1) is 11.8 Å². The number of aromatic nitrogens is 1. The third-order valence-corrected chi connectivity index (χ3v) is 10.4. The first-order valence-electron chi connectivity index (χ1n) is 19.3. The highest BCUT2D eigenvalue weighted by Crippen LogP contribution is 2.47. The first-order valence-corrected chi connectivity index (χ1v) is 19.3. The lowest BCUT2D eigenvalue weighted by molar-refractivity contribution is -0.140. The van der Waals surface area contributed by atoms with Crippen LogP contribution < -0.4 is 31.9 Å². The number of esters is 2. The van der Waals surface area contributed by atoms with Gasteiger partial charge in [0.05, 0.1) is 25.3 Å².